The number of furan rings is 1. The molecule has 0 unspecified atom stereocenters. The Bertz CT molecular complexity index is 3430. The first-order valence-corrected chi connectivity index (χ1v) is 19.0. The van der Waals surface area contributed by atoms with E-state index in [1.165, 1.54) is 54.2 Å². The fraction of sp³-hybridized carbons (Fsp3) is 0. The van der Waals surface area contributed by atoms with Crippen LogP contribution in [0.2, 0.25) is 0 Å². The predicted molar refractivity (Wildman–Crippen MR) is 232 cm³/mol. The summed E-state index contributed by atoms with van der Waals surface area (Å²) in [5.74, 6) is 1.51. The van der Waals surface area contributed by atoms with Gasteiger partial charge in [0, 0.05) is 44.1 Å². The van der Waals surface area contributed by atoms with E-state index in [4.69, 9.17) is 14.4 Å². The molecule has 0 aliphatic carbocycles. The van der Waals surface area contributed by atoms with Crippen molar-refractivity contribution in [3.63, 3.8) is 0 Å². The second-order valence-electron chi connectivity index (χ2n) is 14.5. The molecule has 0 aliphatic heterocycles. The molecular formula is C52H31N3O. The Morgan fingerprint density at radius 1 is 0.357 bits per heavy atom. The monoisotopic (exact) mass is 713 g/mol. The molecule has 0 saturated carbocycles. The van der Waals surface area contributed by atoms with Crippen molar-refractivity contribution < 1.29 is 4.42 Å². The molecule has 3 heterocycles. The van der Waals surface area contributed by atoms with E-state index < -0.39 is 0 Å². The molecular weight excluding hydrogens is 683 g/mol. The Morgan fingerprint density at radius 3 is 1.75 bits per heavy atom. The number of para-hydroxylation sites is 2. The molecule has 9 aromatic carbocycles. The Kier molecular flexibility index (Phi) is 6.60. The van der Waals surface area contributed by atoms with Gasteiger partial charge in [0.15, 0.2) is 5.82 Å². The van der Waals surface area contributed by atoms with Crippen molar-refractivity contribution in [2.75, 3.05) is 0 Å². The van der Waals surface area contributed by atoms with E-state index in [-0.39, 0.29) is 0 Å². The van der Waals surface area contributed by atoms with E-state index in [1.54, 1.807) is 0 Å². The van der Waals surface area contributed by atoms with Gasteiger partial charge in [-0.05, 0) is 74.8 Å². The topological polar surface area (TPSA) is 43.9 Å². The third-order valence-electron chi connectivity index (χ3n) is 11.4. The first kappa shape index (κ1) is 30.9. The lowest BCUT2D eigenvalue weighted by molar-refractivity contribution is 0.669. The highest BCUT2D eigenvalue weighted by Gasteiger charge is 2.22. The van der Waals surface area contributed by atoms with Crippen LogP contribution in [-0.4, -0.2) is 14.5 Å². The molecule has 4 heteroatoms. The van der Waals surface area contributed by atoms with Crippen molar-refractivity contribution in [3.8, 4) is 50.7 Å². The first-order chi connectivity index (χ1) is 27.8. The van der Waals surface area contributed by atoms with Gasteiger partial charge in [-0.15, -0.1) is 0 Å². The number of hydrogen-bond acceptors (Lipinski definition) is 3. The zero-order valence-corrected chi connectivity index (χ0v) is 30.1. The normalized spacial score (nSPS) is 11.9. The van der Waals surface area contributed by atoms with Crippen molar-refractivity contribution in [2.24, 2.45) is 0 Å². The molecule has 3 aromatic heterocycles. The summed E-state index contributed by atoms with van der Waals surface area (Å²) >= 11 is 0. The van der Waals surface area contributed by atoms with Crippen LogP contribution in [0.5, 0.6) is 0 Å². The van der Waals surface area contributed by atoms with Gasteiger partial charge in [0.1, 0.15) is 17.0 Å². The van der Waals surface area contributed by atoms with Crippen molar-refractivity contribution in [1.29, 1.82) is 0 Å². The number of hydrogen-bond donors (Lipinski definition) is 0. The zero-order valence-electron chi connectivity index (χ0n) is 30.1. The maximum atomic E-state index is 6.47. The Hall–Kier alpha value is -7.56. The maximum Gasteiger partial charge on any atom is 0.162 e. The van der Waals surface area contributed by atoms with Crippen LogP contribution in [0.4, 0.5) is 0 Å². The summed E-state index contributed by atoms with van der Waals surface area (Å²) < 4.78 is 8.74. The highest BCUT2D eigenvalue weighted by molar-refractivity contribution is 6.35. The summed E-state index contributed by atoms with van der Waals surface area (Å²) in [6, 6.07) is 66.6. The second kappa shape index (κ2) is 12.0. The van der Waals surface area contributed by atoms with Crippen molar-refractivity contribution >= 4 is 65.3 Å². The maximum absolute atomic E-state index is 6.47. The summed E-state index contributed by atoms with van der Waals surface area (Å²) in [4.78, 5) is 10.5. The summed E-state index contributed by atoms with van der Waals surface area (Å²) in [5.41, 5.74) is 11.5. The Balaban J connectivity index is 1.07. The summed E-state index contributed by atoms with van der Waals surface area (Å²) in [6.45, 7) is 0. The Morgan fingerprint density at radius 2 is 0.946 bits per heavy atom. The molecule has 0 saturated heterocycles. The van der Waals surface area contributed by atoms with E-state index >= 15 is 0 Å². The lowest BCUT2D eigenvalue weighted by atomic mass is 9.87. The van der Waals surface area contributed by atoms with E-state index in [9.17, 15) is 0 Å². The van der Waals surface area contributed by atoms with Gasteiger partial charge >= 0.3 is 0 Å². The minimum atomic E-state index is 0.684. The van der Waals surface area contributed by atoms with Gasteiger partial charge in [-0.2, -0.15) is 0 Å². The molecule has 12 aromatic rings. The third kappa shape index (κ3) is 4.53. The molecule has 0 radical (unpaired) electrons. The lowest BCUT2D eigenvalue weighted by Crippen LogP contribution is -2.02. The van der Waals surface area contributed by atoms with Crippen LogP contribution in [0.1, 0.15) is 0 Å². The van der Waals surface area contributed by atoms with Crippen LogP contribution in [0.15, 0.2) is 192 Å². The molecule has 0 fully saturated rings. The van der Waals surface area contributed by atoms with Crippen molar-refractivity contribution in [3.05, 3.63) is 188 Å². The molecule has 56 heavy (non-hydrogen) atoms. The summed E-state index contributed by atoms with van der Waals surface area (Å²) in [5, 5.41) is 9.67. The van der Waals surface area contributed by atoms with Gasteiger partial charge in [-0.1, -0.05) is 146 Å². The highest BCUT2D eigenvalue weighted by Crippen LogP contribution is 2.47. The number of benzene rings is 9. The van der Waals surface area contributed by atoms with Gasteiger partial charge in [-0.3, -0.25) is 4.57 Å². The number of rotatable bonds is 5. The van der Waals surface area contributed by atoms with E-state index in [1.807, 2.05) is 18.2 Å². The van der Waals surface area contributed by atoms with E-state index in [0.717, 1.165) is 56.0 Å². The standard InChI is InChI=1S/C52H31N3O/c1-2-14-32(15-3-1)52-53-43(31-48(54-52)55-44-25-10-8-21-38(44)39-22-9-11-26-45(39)55)34-17-12-16-33(30-34)35-18-4-5-19-36(35)42-28-29-47-51-49(42)40-23-7-6-20-37(40)41-24-13-27-46(56-47)50(41)51/h1-31H. The quantitative estimate of drug-likeness (QED) is 0.167. The fourth-order valence-corrected chi connectivity index (χ4v) is 8.97. The van der Waals surface area contributed by atoms with Crippen molar-refractivity contribution in [2.45, 2.75) is 0 Å². The Labute approximate surface area is 321 Å². The zero-order chi connectivity index (χ0) is 36.7. The molecule has 0 atom stereocenters. The highest BCUT2D eigenvalue weighted by atomic mass is 16.3. The molecule has 0 amide bonds. The van der Waals surface area contributed by atoms with Crippen LogP contribution < -0.4 is 0 Å². The van der Waals surface area contributed by atoms with Crippen LogP contribution in [0, 0.1) is 0 Å². The predicted octanol–water partition coefficient (Wildman–Crippen LogP) is 13.9. The first-order valence-electron chi connectivity index (χ1n) is 19.0. The van der Waals surface area contributed by atoms with Gasteiger partial charge in [0.25, 0.3) is 0 Å². The van der Waals surface area contributed by atoms with Crippen LogP contribution >= 0.6 is 0 Å². The van der Waals surface area contributed by atoms with Gasteiger partial charge in [0.05, 0.1) is 16.7 Å². The average molecular weight is 714 g/mol. The molecule has 260 valence electrons. The van der Waals surface area contributed by atoms with E-state index in [0.29, 0.717) is 5.82 Å². The number of fused-ring (bicyclic) bond motifs is 6. The second-order valence-corrected chi connectivity index (χ2v) is 14.5. The third-order valence-corrected chi connectivity index (χ3v) is 11.4. The summed E-state index contributed by atoms with van der Waals surface area (Å²) in [6.07, 6.45) is 0. The largest absolute Gasteiger partial charge is 0.456 e. The smallest absolute Gasteiger partial charge is 0.162 e. The molecule has 0 spiro atoms. The van der Waals surface area contributed by atoms with Gasteiger partial charge in [0.2, 0.25) is 0 Å². The molecule has 0 N–H and O–H groups in total. The number of aromatic nitrogens is 3. The van der Waals surface area contributed by atoms with E-state index in [2.05, 4.69) is 174 Å². The van der Waals surface area contributed by atoms with Gasteiger partial charge in [-0.25, -0.2) is 9.97 Å². The van der Waals surface area contributed by atoms with Gasteiger partial charge < -0.3 is 4.42 Å². The molecule has 0 aliphatic rings. The SMILES string of the molecule is c1ccc(-c2nc(-c3cccc(-c4ccccc4-c4ccc5oc6cccc7c8ccccc8c4c5c67)c3)cc(-n3c4ccccc4c4ccccc43)n2)cc1. The molecule has 12 rings (SSSR count). The van der Waals surface area contributed by atoms with Crippen LogP contribution in [0.25, 0.3) is 116 Å². The number of nitrogens with zero attached hydrogens (tertiary/aromatic N) is 3. The van der Waals surface area contributed by atoms with Crippen LogP contribution in [0.3, 0.4) is 0 Å². The minimum absolute atomic E-state index is 0.684. The molecule has 4 nitrogen and oxygen atoms in total. The fourth-order valence-electron chi connectivity index (χ4n) is 8.97. The average Bonchev–Trinajstić information content (AvgIpc) is 3.83. The summed E-state index contributed by atoms with van der Waals surface area (Å²) in [7, 11) is 0. The van der Waals surface area contributed by atoms with Crippen molar-refractivity contribution in [1.82, 2.24) is 14.5 Å². The lowest BCUT2D eigenvalue weighted by Gasteiger charge is -2.16. The molecule has 0 bridgehead atoms. The minimum Gasteiger partial charge on any atom is -0.456 e. The van der Waals surface area contributed by atoms with Crippen LogP contribution in [-0.2, 0) is 0 Å².